The van der Waals surface area contributed by atoms with Crippen LogP contribution in [0, 0.1) is 10.1 Å². The minimum absolute atomic E-state index is 0.233. The Balaban J connectivity index is 2.07. The second-order valence-corrected chi connectivity index (χ2v) is 4.92. The molecule has 1 aromatic carbocycles. The molecule has 0 aliphatic carbocycles. The van der Waals surface area contributed by atoms with E-state index in [1.165, 1.54) is 11.6 Å². The van der Waals surface area contributed by atoms with E-state index in [0.29, 0.717) is 12.3 Å². The van der Waals surface area contributed by atoms with Crippen molar-refractivity contribution in [3.8, 4) is 0 Å². The van der Waals surface area contributed by atoms with Crippen LogP contribution < -0.4 is 5.32 Å². The first-order chi connectivity index (χ1) is 9.10. The van der Waals surface area contributed by atoms with Gasteiger partial charge in [0.05, 0.1) is 12.6 Å². The number of furan rings is 1. The summed E-state index contributed by atoms with van der Waals surface area (Å²) in [6, 6.07) is 8.94. The average molecular weight is 325 g/mol. The van der Waals surface area contributed by atoms with Gasteiger partial charge < -0.3 is 9.73 Å². The van der Waals surface area contributed by atoms with Crippen LogP contribution in [-0.4, -0.2) is 4.92 Å². The molecule has 0 radical (unpaired) electrons. The van der Waals surface area contributed by atoms with Crippen molar-refractivity contribution in [1.82, 2.24) is 0 Å². The third kappa shape index (κ3) is 3.35. The molecule has 5 nitrogen and oxygen atoms in total. The van der Waals surface area contributed by atoms with Crippen molar-refractivity contribution in [2.75, 3.05) is 5.32 Å². The molecular formula is C13H13BrN2O3. The maximum atomic E-state index is 10.5. The highest BCUT2D eigenvalue weighted by Crippen LogP contribution is 2.23. The molecule has 19 heavy (non-hydrogen) atoms. The predicted octanol–water partition coefficient (Wildman–Crippen LogP) is 4.12. The first-order valence-electron chi connectivity index (χ1n) is 5.85. The minimum Gasteiger partial charge on any atom is -0.404 e. The Morgan fingerprint density at radius 1 is 1.37 bits per heavy atom. The summed E-state index contributed by atoms with van der Waals surface area (Å²) < 4.78 is 6.12. The van der Waals surface area contributed by atoms with Crippen LogP contribution in [0.25, 0.3) is 0 Å². The summed E-state index contributed by atoms with van der Waals surface area (Å²) in [5.41, 5.74) is 2.18. The van der Waals surface area contributed by atoms with E-state index in [1.54, 1.807) is 6.07 Å². The van der Waals surface area contributed by atoms with Gasteiger partial charge in [0.1, 0.15) is 10.7 Å². The van der Waals surface area contributed by atoms with Gasteiger partial charge in [0.25, 0.3) is 0 Å². The number of hydrogen-bond donors (Lipinski definition) is 1. The molecule has 0 aliphatic heterocycles. The largest absolute Gasteiger partial charge is 0.433 e. The summed E-state index contributed by atoms with van der Waals surface area (Å²) in [6.07, 6.45) is 0.903. The number of nitrogens with one attached hydrogen (secondary N) is 1. The molecule has 6 heteroatoms. The maximum absolute atomic E-state index is 10.5. The number of anilines is 1. The molecule has 100 valence electrons. The molecule has 0 saturated carbocycles. The summed E-state index contributed by atoms with van der Waals surface area (Å²) in [5.74, 6) is 0.306. The van der Waals surface area contributed by atoms with Gasteiger partial charge in [0.15, 0.2) is 0 Å². The number of nitrogens with zero attached hydrogens (tertiary/aromatic N) is 1. The summed E-state index contributed by atoms with van der Waals surface area (Å²) in [7, 11) is 0. The first kappa shape index (κ1) is 13.6. The van der Waals surface area contributed by atoms with Gasteiger partial charge in [-0.2, -0.15) is 0 Å². The molecule has 1 N–H and O–H groups in total. The number of halogens is 1. The van der Waals surface area contributed by atoms with Crippen LogP contribution in [0.4, 0.5) is 11.6 Å². The van der Waals surface area contributed by atoms with Gasteiger partial charge in [-0.25, -0.2) is 0 Å². The standard InChI is InChI=1S/C13H13BrN2O3/c1-2-9-7-10(14)3-5-12(9)15-8-11-4-6-13(19-11)16(17)18/h3-7,15H,2,8H2,1H3. The van der Waals surface area contributed by atoms with E-state index in [-0.39, 0.29) is 5.88 Å². The van der Waals surface area contributed by atoms with Gasteiger partial charge in [0.2, 0.25) is 0 Å². The lowest BCUT2D eigenvalue weighted by Gasteiger charge is -2.10. The van der Waals surface area contributed by atoms with E-state index in [1.807, 2.05) is 18.2 Å². The van der Waals surface area contributed by atoms with Crippen LogP contribution in [-0.2, 0) is 13.0 Å². The molecular weight excluding hydrogens is 312 g/mol. The van der Waals surface area contributed by atoms with Crippen LogP contribution in [0.5, 0.6) is 0 Å². The van der Waals surface area contributed by atoms with Crippen LogP contribution in [0.1, 0.15) is 18.2 Å². The van der Waals surface area contributed by atoms with Crippen molar-refractivity contribution in [3.05, 3.63) is 56.2 Å². The highest BCUT2D eigenvalue weighted by molar-refractivity contribution is 9.10. The normalized spacial score (nSPS) is 10.4. The van der Waals surface area contributed by atoms with E-state index < -0.39 is 4.92 Å². The average Bonchev–Trinajstić information content (AvgIpc) is 2.86. The molecule has 0 aliphatic rings. The number of hydrogen-bond acceptors (Lipinski definition) is 4. The van der Waals surface area contributed by atoms with Gasteiger partial charge in [-0.3, -0.25) is 10.1 Å². The maximum Gasteiger partial charge on any atom is 0.433 e. The fraction of sp³-hybridized carbons (Fsp3) is 0.231. The Morgan fingerprint density at radius 3 is 2.79 bits per heavy atom. The lowest BCUT2D eigenvalue weighted by atomic mass is 10.1. The predicted molar refractivity (Wildman–Crippen MR) is 76.2 cm³/mol. The van der Waals surface area contributed by atoms with E-state index >= 15 is 0 Å². The van der Waals surface area contributed by atoms with E-state index in [9.17, 15) is 10.1 Å². The lowest BCUT2D eigenvalue weighted by Crippen LogP contribution is -2.01. The molecule has 1 heterocycles. The minimum atomic E-state index is -0.541. The fourth-order valence-electron chi connectivity index (χ4n) is 1.77. The van der Waals surface area contributed by atoms with Crippen molar-refractivity contribution < 1.29 is 9.34 Å². The van der Waals surface area contributed by atoms with Crippen molar-refractivity contribution >= 4 is 27.5 Å². The van der Waals surface area contributed by atoms with E-state index in [2.05, 4.69) is 28.2 Å². The first-order valence-corrected chi connectivity index (χ1v) is 6.65. The Morgan fingerprint density at radius 2 is 2.16 bits per heavy atom. The van der Waals surface area contributed by atoms with E-state index in [0.717, 1.165) is 16.6 Å². The molecule has 0 unspecified atom stereocenters. The molecule has 2 rings (SSSR count). The molecule has 1 aromatic heterocycles. The molecule has 0 amide bonds. The summed E-state index contributed by atoms with van der Waals surface area (Å²) in [4.78, 5) is 9.97. The highest BCUT2D eigenvalue weighted by atomic mass is 79.9. The Hall–Kier alpha value is -1.82. The third-order valence-corrected chi connectivity index (χ3v) is 3.22. The lowest BCUT2D eigenvalue weighted by molar-refractivity contribution is -0.402. The quantitative estimate of drug-likeness (QED) is 0.663. The molecule has 0 saturated heterocycles. The molecule has 0 fully saturated rings. The fourth-order valence-corrected chi connectivity index (χ4v) is 2.18. The smallest absolute Gasteiger partial charge is 0.404 e. The molecule has 0 spiro atoms. The van der Waals surface area contributed by atoms with Crippen LogP contribution in [0.3, 0.4) is 0 Å². The highest BCUT2D eigenvalue weighted by Gasteiger charge is 2.11. The molecule has 0 bridgehead atoms. The van der Waals surface area contributed by atoms with Crippen LogP contribution in [0.15, 0.2) is 39.2 Å². The number of rotatable bonds is 5. The Bertz CT molecular complexity index is 595. The Kier molecular flexibility index (Phi) is 4.21. The number of nitro groups is 1. The second-order valence-electron chi connectivity index (χ2n) is 4.01. The summed E-state index contributed by atoms with van der Waals surface area (Å²) in [5, 5.41) is 13.7. The van der Waals surface area contributed by atoms with Crippen molar-refractivity contribution in [1.29, 1.82) is 0 Å². The summed E-state index contributed by atoms with van der Waals surface area (Å²) in [6.45, 7) is 2.49. The topological polar surface area (TPSA) is 68.3 Å². The van der Waals surface area contributed by atoms with Crippen molar-refractivity contribution in [2.45, 2.75) is 19.9 Å². The summed E-state index contributed by atoms with van der Waals surface area (Å²) >= 11 is 3.43. The number of benzene rings is 1. The van der Waals surface area contributed by atoms with Gasteiger partial charge in [-0.1, -0.05) is 22.9 Å². The molecule has 2 aromatic rings. The van der Waals surface area contributed by atoms with Crippen LogP contribution >= 0.6 is 15.9 Å². The third-order valence-electron chi connectivity index (χ3n) is 2.73. The van der Waals surface area contributed by atoms with E-state index in [4.69, 9.17) is 4.42 Å². The zero-order valence-corrected chi connectivity index (χ0v) is 11.9. The van der Waals surface area contributed by atoms with Gasteiger partial charge in [0, 0.05) is 10.2 Å². The molecule has 0 atom stereocenters. The monoisotopic (exact) mass is 324 g/mol. The SMILES string of the molecule is CCc1cc(Br)ccc1NCc1ccc([N+](=O)[O-])o1. The second kappa shape index (κ2) is 5.88. The Labute approximate surface area is 118 Å². The van der Waals surface area contributed by atoms with Gasteiger partial charge >= 0.3 is 5.88 Å². The van der Waals surface area contributed by atoms with Gasteiger partial charge in [-0.05, 0) is 36.2 Å². The van der Waals surface area contributed by atoms with Crippen molar-refractivity contribution in [2.24, 2.45) is 0 Å². The zero-order valence-electron chi connectivity index (χ0n) is 10.4. The zero-order chi connectivity index (χ0) is 13.8. The van der Waals surface area contributed by atoms with Crippen LogP contribution in [0.2, 0.25) is 0 Å². The number of aryl methyl sites for hydroxylation is 1. The van der Waals surface area contributed by atoms with Crippen molar-refractivity contribution in [3.63, 3.8) is 0 Å². The van der Waals surface area contributed by atoms with Gasteiger partial charge in [-0.15, -0.1) is 0 Å².